The van der Waals surface area contributed by atoms with Gasteiger partial charge in [-0.25, -0.2) is 0 Å². The van der Waals surface area contributed by atoms with Crippen LogP contribution in [0, 0.1) is 53.7 Å². The predicted molar refractivity (Wildman–Crippen MR) is 215 cm³/mol. The topological polar surface area (TPSA) is 56.7 Å². The molecule has 0 fully saturated rings. The first kappa shape index (κ1) is 34.0. The summed E-state index contributed by atoms with van der Waals surface area (Å²) >= 11 is 0. The van der Waals surface area contributed by atoms with E-state index in [4.69, 9.17) is 19.7 Å². The second-order valence-electron chi connectivity index (χ2n) is 14.4. The molecule has 10 aromatic rings. The smallest absolute Gasteiger partial charge is 0.497 e. The van der Waals surface area contributed by atoms with Crippen LogP contribution in [-0.4, -0.2) is 23.8 Å². The molecule has 0 spiro atoms. The Morgan fingerprint density at radius 2 is 1.20 bits per heavy atom. The molecule has 0 amide bonds. The van der Waals surface area contributed by atoms with Crippen LogP contribution in [0.4, 0.5) is 0 Å². The zero-order chi connectivity index (χ0) is 36.1. The van der Waals surface area contributed by atoms with Crippen LogP contribution in [0.2, 0.25) is 0 Å². The van der Waals surface area contributed by atoms with E-state index in [2.05, 4.69) is 135 Å². The average Bonchev–Trinajstić information content (AvgIpc) is 3.77. The number of ether oxygens (including phenoxy) is 1. The van der Waals surface area contributed by atoms with Crippen molar-refractivity contribution >= 4 is 54.8 Å². The number of imidazole rings is 2. The Morgan fingerprint density at radius 1 is 0.593 bits per heavy atom. The first-order valence-electron chi connectivity index (χ1n) is 17.9. The summed E-state index contributed by atoms with van der Waals surface area (Å²) in [6.07, 6.45) is 5.97. The van der Waals surface area contributed by atoms with Crippen molar-refractivity contribution in [1.29, 1.82) is 0 Å². The van der Waals surface area contributed by atoms with Crippen LogP contribution >= 0.6 is 0 Å². The van der Waals surface area contributed by atoms with Crippen LogP contribution in [0.3, 0.4) is 0 Å². The van der Waals surface area contributed by atoms with Crippen molar-refractivity contribution in [2.75, 3.05) is 0 Å². The molecule has 6 nitrogen and oxygen atoms in total. The zero-order valence-electron chi connectivity index (χ0n) is 30.8. The Kier molecular flexibility index (Phi) is 7.95. The molecule has 0 saturated heterocycles. The van der Waals surface area contributed by atoms with Gasteiger partial charge in [0.2, 0.25) is 0 Å². The summed E-state index contributed by atoms with van der Waals surface area (Å²) in [5.74, 6) is 1.16. The second-order valence-corrected chi connectivity index (χ2v) is 14.4. The van der Waals surface area contributed by atoms with Gasteiger partial charge < -0.3 is 13.5 Å². The van der Waals surface area contributed by atoms with Gasteiger partial charge in [0.05, 0.1) is 33.7 Å². The Labute approximate surface area is 327 Å². The molecule has 5 aromatic heterocycles. The fraction of sp³-hybridized carbons (Fsp3) is 0.128. The van der Waals surface area contributed by atoms with Gasteiger partial charge in [0.15, 0.2) is 0 Å². The van der Waals surface area contributed by atoms with E-state index >= 15 is 0 Å². The van der Waals surface area contributed by atoms with Gasteiger partial charge in [0.25, 0.3) is 0 Å². The van der Waals surface area contributed by atoms with Crippen molar-refractivity contribution in [2.45, 2.75) is 41.5 Å². The van der Waals surface area contributed by atoms with E-state index in [9.17, 15) is 0 Å². The number of pyridine rings is 3. The number of rotatable bonds is 4. The van der Waals surface area contributed by atoms with Crippen molar-refractivity contribution in [3.63, 3.8) is 0 Å². The molecule has 0 atom stereocenters. The summed E-state index contributed by atoms with van der Waals surface area (Å²) in [5, 5.41) is 4.92. The largest absolute Gasteiger partial charge is 2.00 e. The maximum atomic E-state index is 6.60. The minimum atomic E-state index is 0. The van der Waals surface area contributed by atoms with Crippen molar-refractivity contribution in [3.05, 3.63) is 149 Å². The van der Waals surface area contributed by atoms with E-state index < -0.39 is 0 Å². The van der Waals surface area contributed by atoms with E-state index in [1.807, 2.05) is 30.6 Å². The van der Waals surface area contributed by atoms with Gasteiger partial charge in [-0.05, 0) is 87.4 Å². The summed E-state index contributed by atoms with van der Waals surface area (Å²) < 4.78 is 11.0. The van der Waals surface area contributed by atoms with Crippen molar-refractivity contribution in [3.8, 4) is 34.0 Å². The van der Waals surface area contributed by atoms with E-state index in [-0.39, 0.29) is 21.1 Å². The minimum absolute atomic E-state index is 0. The number of hydrogen-bond donors (Lipinski definition) is 0. The molecule has 0 bridgehead atoms. The molecule has 264 valence electrons. The number of aryl methyl sites for hydroxylation is 6. The second kappa shape index (κ2) is 12.6. The van der Waals surface area contributed by atoms with Gasteiger partial charge in [0, 0.05) is 46.7 Å². The quantitative estimate of drug-likeness (QED) is 0.131. The molecular formula is C47H35N5OPt. The fourth-order valence-electron chi connectivity index (χ4n) is 8.63. The van der Waals surface area contributed by atoms with E-state index in [0.29, 0.717) is 11.5 Å². The van der Waals surface area contributed by atoms with Crippen LogP contribution in [0.5, 0.6) is 11.5 Å². The third-order valence-corrected chi connectivity index (χ3v) is 10.6. The molecule has 7 heteroatoms. The molecule has 0 N–H and O–H groups in total. The Balaban J connectivity index is 0.00000384. The molecule has 0 unspecified atom stereocenters. The van der Waals surface area contributed by atoms with Gasteiger partial charge in [-0.3, -0.25) is 15.0 Å². The maximum absolute atomic E-state index is 6.60. The normalized spacial score (nSPS) is 11.7. The van der Waals surface area contributed by atoms with Crippen molar-refractivity contribution in [2.24, 2.45) is 0 Å². The molecule has 5 aromatic carbocycles. The van der Waals surface area contributed by atoms with E-state index in [0.717, 1.165) is 71.7 Å². The molecule has 10 rings (SSSR count). The number of nitrogens with zero attached hydrogens (tertiary/aromatic N) is 5. The minimum Gasteiger partial charge on any atom is -0.497 e. The van der Waals surface area contributed by atoms with Crippen LogP contribution in [0.15, 0.2) is 104 Å². The molecule has 5 heterocycles. The Morgan fingerprint density at radius 3 is 1.91 bits per heavy atom. The number of benzene rings is 5. The molecule has 0 radical (unpaired) electrons. The number of fused-ring (bicyclic) bond motifs is 12. The average molecular weight is 881 g/mol. The van der Waals surface area contributed by atoms with Gasteiger partial charge in [-0.15, -0.1) is 12.1 Å². The Bertz CT molecular complexity index is 3080. The van der Waals surface area contributed by atoms with Crippen LogP contribution in [0.1, 0.15) is 33.4 Å². The molecule has 54 heavy (non-hydrogen) atoms. The zero-order valence-corrected chi connectivity index (χ0v) is 33.0. The first-order valence-corrected chi connectivity index (χ1v) is 17.9. The third-order valence-electron chi connectivity index (χ3n) is 10.6. The van der Waals surface area contributed by atoms with Crippen LogP contribution < -0.4 is 4.74 Å². The SMILES string of the molecule is Cc1cc(C)c(-c2cn3c4ccccc4c4ccc(Oc5[c-]c6c(cc5)c5ncccc5n5c(-c7c(C)cc(C)cc7C)cnc65)[c-]c4c3n2)c(C)c1.[Pt+2]. The number of aromatic nitrogens is 5. The van der Waals surface area contributed by atoms with Gasteiger partial charge in [-0.2, -0.15) is 0 Å². The summed E-state index contributed by atoms with van der Waals surface area (Å²) in [7, 11) is 0. The predicted octanol–water partition coefficient (Wildman–Crippen LogP) is 11.6. The molecule has 0 aliphatic rings. The van der Waals surface area contributed by atoms with E-state index in [1.165, 1.54) is 38.9 Å². The summed E-state index contributed by atoms with van der Waals surface area (Å²) in [6, 6.07) is 36.8. The molecular weight excluding hydrogens is 846 g/mol. The standard InChI is InChI=1S/C47H35N5O.Pt/c1-26-18-28(3)43(29(4)19-26)39-25-51-40-11-8-7-10-35(40)34-15-13-32(22-37(34)47(51)50-39)53-33-14-16-36-38(23-33)46-49-24-42(44-30(5)20-27(2)21-31(44)6)52(46)41-12-9-17-48-45(36)41;/h7-21,24-25H,1-6H3;/q-2;+2. The van der Waals surface area contributed by atoms with Crippen molar-refractivity contribution < 1.29 is 25.8 Å². The Hall–Kier alpha value is -5.84. The van der Waals surface area contributed by atoms with E-state index in [1.54, 1.807) is 0 Å². The molecule has 0 aliphatic heterocycles. The molecule has 0 aliphatic carbocycles. The number of hydrogen-bond acceptors (Lipinski definition) is 4. The fourth-order valence-corrected chi connectivity index (χ4v) is 8.63. The first-order chi connectivity index (χ1) is 25.7. The summed E-state index contributed by atoms with van der Waals surface area (Å²) in [4.78, 5) is 15.1. The number of para-hydroxylation sites is 1. The van der Waals surface area contributed by atoms with Gasteiger partial charge in [-0.1, -0.05) is 99.4 Å². The van der Waals surface area contributed by atoms with Crippen LogP contribution in [0.25, 0.3) is 77.3 Å². The van der Waals surface area contributed by atoms with Crippen molar-refractivity contribution in [1.82, 2.24) is 23.8 Å². The van der Waals surface area contributed by atoms with Crippen LogP contribution in [-0.2, 0) is 21.1 Å². The maximum Gasteiger partial charge on any atom is 2.00 e. The summed E-state index contributed by atoms with van der Waals surface area (Å²) in [5.41, 5.74) is 16.3. The molecule has 0 saturated carbocycles. The third kappa shape index (κ3) is 5.15. The summed E-state index contributed by atoms with van der Waals surface area (Å²) in [6.45, 7) is 12.9. The van der Waals surface area contributed by atoms with Gasteiger partial charge in [0.1, 0.15) is 0 Å². The van der Waals surface area contributed by atoms with Gasteiger partial charge >= 0.3 is 21.1 Å². The monoisotopic (exact) mass is 880 g/mol.